The van der Waals surface area contributed by atoms with E-state index in [2.05, 4.69) is 12.2 Å². The predicted molar refractivity (Wildman–Crippen MR) is 81.2 cm³/mol. The number of hydrogen-bond donors (Lipinski definition) is 0. The van der Waals surface area contributed by atoms with E-state index in [1.165, 1.54) is 0 Å². The van der Waals surface area contributed by atoms with Gasteiger partial charge in [-0.15, -0.1) is 0 Å². The number of nitrogens with zero attached hydrogens (tertiary/aromatic N) is 1. The van der Waals surface area contributed by atoms with E-state index in [0.717, 1.165) is 35.9 Å². The van der Waals surface area contributed by atoms with Gasteiger partial charge in [-0.3, -0.25) is 0 Å². The summed E-state index contributed by atoms with van der Waals surface area (Å²) >= 11 is 6.28. The smallest absolute Gasteiger partial charge is 0.354 e. The molecule has 3 rings (SSSR count). The van der Waals surface area contributed by atoms with Crippen molar-refractivity contribution in [1.29, 1.82) is 0 Å². The summed E-state index contributed by atoms with van der Waals surface area (Å²) in [6.07, 6.45) is 6.27. The number of allylic oxidation sites excluding steroid dienone is 1. The first-order valence-corrected chi connectivity index (χ1v) is 7.25. The molecule has 1 aliphatic heterocycles. The number of aromatic nitrogens is 1. The summed E-state index contributed by atoms with van der Waals surface area (Å²) < 4.78 is 7.19. The maximum absolute atomic E-state index is 12.1. The molecule has 2 heterocycles. The van der Waals surface area contributed by atoms with Crippen LogP contribution in [0.4, 0.5) is 0 Å². The summed E-state index contributed by atoms with van der Waals surface area (Å²) in [5, 5.41) is 1.58. The second-order valence-corrected chi connectivity index (χ2v) is 5.25. The van der Waals surface area contributed by atoms with Crippen molar-refractivity contribution in [2.75, 3.05) is 6.61 Å². The van der Waals surface area contributed by atoms with Gasteiger partial charge >= 0.3 is 5.97 Å². The van der Waals surface area contributed by atoms with Gasteiger partial charge in [0.15, 0.2) is 0 Å². The zero-order chi connectivity index (χ0) is 14.1. The summed E-state index contributed by atoms with van der Waals surface area (Å²) in [5.74, 6) is -0.282. The van der Waals surface area contributed by atoms with Crippen LogP contribution in [0.3, 0.4) is 0 Å². The lowest BCUT2D eigenvalue weighted by atomic mass is 10.1. The Balaban J connectivity index is 2.29. The second-order valence-electron chi connectivity index (χ2n) is 4.85. The fraction of sp³-hybridized carbons (Fsp3) is 0.312. The third-order valence-electron chi connectivity index (χ3n) is 3.57. The van der Waals surface area contributed by atoms with Crippen LogP contribution >= 0.6 is 11.6 Å². The van der Waals surface area contributed by atoms with E-state index < -0.39 is 0 Å². The molecule has 0 atom stereocenters. The van der Waals surface area contributed by atoms with Gasteiger partial charge in [0, 0.05) is 11.9 Å². The van der Waals surface area contributed by atoms with Crippen LogP contribution in [-0.2, 0) is 11.3 Å². The van der Waals surface area contributed by atoms with Gasteiger partial charge in [0.1, 0.15) is 5.69 Å². The van der Waals surface area contributed by atoms with Gasteiger partial charge in [0.05, 0.1) is 17.1 Å². The number of aryl methyl sites for hydroxylation is 1. The molecule has 0 bridgehead atoms. The van der Waals surface area contributed by atoms with E-state index in [0.29, 0.717) is 17.3 Å². The Bertz CT molecular complexity index is 700. The molecule has 3 nitrogen and oxygen atoms in total. The third kappa shape index (κ3) is 2.12. The average molecular weight is 290 g/mol. The fourth-order valence-corrected chi connectivity index (χ4v) is 2.90. The van der Waals surface area contributed by atoms with Gasteiger partial charge in [-0.2, -0.15) is 0 Å². The Morgan fingerprint density at radius 2 is 2.30 bits per heavy atom. The first-order valence-electron chi connectivity index (χ1n) is 6.87. The molecule has 0 saturated heterocycles. The summed E-state index contributed by atoms with van der Waals surface area (Å²) in [6.45, 7) is 2.99. The molecule has 0 spiro atoms. The van der Waals surface area contributed by atoms with E-state index in [1.807, 2.05) is 29.7 Å². The molecule has 1 aromatic heterocycles. The highest BCUT2D eigenvalue weighted by atomic mass is 35.5. The Hall–Kier alpha value is -1.74. The molecule has 0 saturated carbocycles. The lowest BCUT2D eigenvalue weighted by Gasteiger charge is -2.13. The van der Waals surface area contributed by atoms with Gasteiger partial charge in [-0.1, -0.05) is 29.8 Å². The second kappa shape index (κ2) is 5.33. The summed E-state index contributed by atoms with van der Waals surface area (Å²) in [7, 11) is 0. The first-order chi connectivity index (χ1) is 9.72. The molecule has 2 aromatic rings. The molecule has 0 N–H and O–H groups in total. The van der Waals surface area contributed by atoms with Crippen LogP contribution in [0.25, 0.3) is 17.0 Å². The highest BCUT2D eigenvalue weighted by Gasteiger charge is 2.20. The van der Waals surface area contributed by atoms with E-state index in [-0.39, 0.29) is 5.97 Å². The quantitative estimate of drug-likeness (QED) is 0.773. The predicted octanol–water partition coefficient (Wildman–Crippen LogP) is 4.28. The van der Waals surface area contributed by atoms with Crippen molar-refractivity contribution in [2.45, 2.75) is 26.3 Å². The van der Waals surface area contributed by atoms with Crippen molar-refractivity contribution >= 4 is 34.5 Å². The molecule has 20 heavy (non-hydrogen) atoms. The third-order valence-corrected chi connectivity index (χ3v) is 3.90. The van der Waals surface area contributed by atoms with Gasteiger partial charge in [-0.25, -0.2) is 4.79 Å². The van der Waals surface area contributed by atoms with Gasteiger partial charge in [-0.05, 0) is 37.5 Å². The first kappa shape index (κ1) is 13.3. The number of rotatable bonds is 2. The molecule has 104 valence electrons. The number of carbonyl (C=O) groups is 1. The summed E-state index contributed by atoms with van der Waals surface area (Å²) in [6, 6.07) is 5.72. The Labute approximate surface area is 122 Å². The van der Waals surface area contributed by atoms with Gasteiger partial charge < -0.3 is 9.30 Å². The number of esters is 1. The standard InChI is InChI=1S/C16H16ClNO2/c1-2-20-16(19)14-10-12-13(17)8-7-11-6-4-3-5-9-18(14)15(11)12/h4,6-8,10H,2-3,5,9H2,1H3. The van der Waals surface area contributed by atoms with Gasteiger partial charge in [0.2, 0.25) is 0 Å². The summed E-state index contributed by atoms with van der Waals surface area (Å²) in [4.78, 5) is 12.1. The normalized spacial score (nSPS) is 14.1. The van der Waals surface area contributed by atoms with Crippen LogP contribution in [0.1, 0.15) is 35.8 Å². The van der Waals surface area contributed by atoms with Crippen molar-refractivity contribution in [3.8, 4) is 0 Å². The average Bonchev–Trinajstić information content (AvgIpc) is 2.78. The van der Waals surface area contributed by atoms with Crippen LogP contribution in [0, 0.1) is 0 Å². The van der Waals surface area contributed by atoms with Crippen LogP contribution < -0.4 is 0 Å². The topological polar surface area (TPSA) is 31.2 Å². The maximum Gasteiger partial charge on any atom is 0.354 e. The lowest BCUT2D eigenvalue weighted by molar-refractivity contribution is 0.0514. The van der Waals surface area contributed by atoms with E-state index in [1.54, 1.807) is 0 Å². The lowest BCUT2D eigenvalue weighted by Crippen LogP contribution is -2.13. The van der Waals surface area contributed by atoms with Crippen LogP contribution in [0.2, 0.25) is 5.02 Å². The van der Waals surface area contributed by atoms with Crippen LogP contribution in [-0.4, -0.2) is 17.1 Å². The van der Waals surface area contributed by atoms with Crippen LogP contribution in [0.5, 0.6) is 0 Å². The van der Waals surface area contributed by atoms with E-state index >= 15 is 0 Å². The van der Waals surface area contributed by atoms with Crippen molar-refractivity contribution in [3.63, 3.8) is 0 Å². The van der Waals surface area contributed by atoms with Crippen molar-refractivity contribution in [1.82, 2.24) is 4.57 Å². The minimum atomic E-state index is -0.282. The molecule has 0 fully saturated rings. The molecule has 1 aromatic carbocycles. The Morgan fingerprint density at radius 1 is 1.45 bits per heavy atom. The van der Waals surface area contributed by atoms with Crippen molar-refractivity contribution in [3.05, 3.63) is 40.6 Å². The van der Waals surface area contributed by atoms with E-state index in [4.69, 9.17) is 16.3 Å². The molecule has 0 amide bonds. The highest BCUT2D eigenvalue weighted by Crippen LogP contribution is 2.32. The molecule has 0 unspecified atom stereocenters. The van der Waals surface area contributed by atoms with Crippen LogP contribution in [0.15, 0.2) is 24.3 Å². The number of ether oxygens (including phenoxy) is 1. The Morgan fingerprint density at radius 3 is 3.10 bits per heavy atom. The Kier molecular flexibility index (Phi) is 3.53. The van der Waals surface area contributed by atoms with Gasteiger partial charge in [0.25, 0.3) is 0 Å². The fourth-order valence-electron chi connectivity index (χ4n) is 2.69. The molecule has 0 radical (unpaired) electrons. The SMILES string of the molecule is CCOC(=O)c1cc2c(Cl)ccc3c2n1CCCC=C3. The molecule has 4 heteroatoms. The summed E-state index contributed by atoms with van der Waals surface area (Å²) in [5.41, 5.74) is 2.71. The minimum absolute atomic E-state index is 0.282. The maximum atomic E-state index is 12.1. The van der Waals surface area contributed by atoms with E-state index in [9.17, 15) is 4.79 Å². The molecular formula is C16H16ClNO2. The number of benzene rings is 1. The minimum Gasteiger partial charge on any atom is -0.461 e. The molecule has 0 aliphatic carbocycles. The molecular weight excluding hydrogens is 274 g/mol. The largest absolute Gasteiger partial charge is 0.461 e. The number of hydrogen-bond acceptors (Lipinski definition) is 2. The molecule has 1 aliphatic rings. The zero-order valence-corrected chi connectivity index (χ0v) is 12.1. The zero-order valence-electron chi connectivity index (χ0n) is 11.4. The van der Waals surface area contributed by atoms with Crippen molar-refractivity contribution < 1.29 is 9.53 Å². The number of halogens is 1. The number of carbonyl (C=O) groups excluding carboxylic acids is 1. The monoisotopic (exact) mass is 289 g/mol. The highest BCUT2D eigenvalue weighted by molar-refractivity contribution is 6.35. The van der Waals surface area contributed by atoms with Crippen molar-refractivity contribution in [2.24, 2.45) is 0 Å².